The Balaban J connectivity index is 2.47. The van der Waals surface area contributed by atoms with Crippen LogP contribution in [0, 0.1) is 0 Å². The standard InChI is InChI=1S/C14H16N2O2/c17-9-5-11-3-1-7-15-13(11)14-12(6-10-18)4-2-8-16-14/h1-4,7-8,17-18H,5-6,9-10H2. The zero-order chi connectivity index (χ0) is 12.8. The molecule has 0 aliphatic carbocycles. The van der Waals surface area contributed by atoms with Gasteiger partial charge in [0.05, 0.1) is 11.4 Å². The first kappa shape index (κ1) is 12.7. The third-order valence-electron chi connectivity index (χ3n) is 2.77. The molecular weight excluding hydrogens is 228 g/mol. The van der Waals surface area contributed by atoms with E-state index in [0.29, 0.717) is 12.8 Å². The van der Waals surface area contributed by atoms with Crippen molar-refractivity contribution in [3.8, 4) is 11.4 Å². The highest BCUT2D eigenvalue weighted by atomic mass is 16.3. The van der Waals surface area contributed by atoms with E-state index >= 15 is 0 Å². The van der Waals surface area contributed by atoms with Gasteiger partial charge in [0, 0.05) is 25.6 Å². The molecule has 0 spiro atoms. The van der Waals surface area contributed by atoms with Gasteiger partial charge in [-0.15, -0.1) is 0 Å². The zero-order valence-corrected chi connectivity index (χ0v) is 10.1. The molecule has 0 fully saturated rings. The molecule has 4 heteroatoms. The largest absolute Gasteiger partial charge is 0.396 e. The lowest BCUT2D eigenvalue weighted by molar-refractivity contribution is 0.298. The van der Waals surface area contributed by atoms with E-state index in [4.69, 9.17) is 10.2 Å². The molecule has 2 heterocycles. The minimum absolute atomic E-state index is 0.0842. The second-order valence-corrected chi connectivity index (χ2v) is 3.97. The van der Waals surface area contributed by atoms with Gasteiger partial charge in [-0.3, -0.25) is 9.97 Å². The first-order chi connectivity index (χ1) is 8.86. The van der Waals surface area contributed by atoms with Crippen LogP contribution in [-0.2, 0) is 12.8 Å². The second-order valence-electron chi connectivity index (χ2n) is 3.97. The lowest BCUT2D eigenvalue weighted by atomic mass is 10.0. The van der Waals surface area contributed by atoms with Crippen molar-refractivity contribution in [3.05, 3.63) is 47.8 Å². The Morgan fingerprint density at radius 1 is 0.778 bits per heavy atom. The van der Waals surface area contributed by atoms with Crippen molar-refractivity contribution < 1.29 is 10.2 Å². The molecule has 2 aromatic rings. The number of hydrogen-bond donors (Lipinski definition) is 2. The van der Waals surface area contributed by atoms with E-state index in [1.807, 2.05) is 24.3 Å². The van der Waals surface area contributed by atoms with Crippen molar-refractivity contribution in [3.63, 3.8) is 0 Å². The molecule has 18 heavy (non-hydrogen) atoms. The van der Waals surface area contributed by atoms with Gasteiger partial charge in [0.25, 0.3) is 0 Å². The topological polar surface area (TPSA) is 66.2 Å². The first-order valence-electron chi connectivity index (χ1n) is 5.96. The molecule has 0 unspecified atom stereocenters. The number of aromatic nitrogens is 2. The summed E-state index contributed by atoms with van der Waals surface area (Å²) < 4.78 is 0. The monoisotopic (exact) mass is 244 g/mol. The van der Waals surface area contributed by atoms with E-state index in [9.17, 15) is 0 Å². The van der Waals surface area contributed by atoms with Gasteiger partial charge in [-0.05, 0) is 36.1 Å². The van der Waals surface area contributed by atoms with Crippen LogP contribution in [0.15, 0.2) is 36.7 Å². The summed E-state index contributed by atoms with van der Waals surface area (Å²) in [7, 11) is 0. The fourth-order valence-electron chi connectivity index (χ4n) is 1.95. The van der Waals surface area contributed by atoms with Crippen molar-refractivity contribution in [1.29, 1.82) is 0 Å². The van der Waals surface area contributed by atoms with E-state index in [0.717, 1.165) is 22.5 Å². The molecular formula is C14H16N2O2. The Hall–Kier alpha value is -1.78. The van der Waals surface area contributed by atoms with Crippen LogP contribution in [0.4, 0.5) is 0 Å². The minimum atomic E-state index is 0.0842. The average molecular weight is 244 g/mol. The summed E-state index contributed by atoms with van der Waals surface area (Å²) in [5.41, 5.74) is 3.52. The van der Waals surface area contributed by atoms with Gasteiger partial charge in [0.2, 0.25) is 0 Å². The molecule has 0 saturated heterocycles. The van der Waals surface area contributed by atoms with Crippen molar-refractivity contribution in [1.82, 2.24) is 9.97 Å². The Bertz CT molecular complexity index is 467. The maximum Gasteiger partial charge on any atom is 0.0921 e. The number of pyridine rings is 2. The molecule has 2 N–H and O–H groups in total. The zero-order valence-electron chi connectivity index (χ0n) is 10.1. The normalized spacial score (nSPS) is 10.6. The van der Waals surface area contributed by atoms with E-state index in [2.05, 4.69) is 9.97 Å². The summed E-state index contributed by atoms with van der Waals surface area (Å²) in [6.45, 7) is 0.168. The molecule has 0 aliphatic rings. The van der Waals surface area contributed by atoms with Crippen LogP contribution in [0.3, 0.4) is 0 Å². The predicted octanol–water partition coefficient (Wildman–Crippen LogP) is 1.21. The van der Waals surface area contributed by atoms with Gasteiger partial charge >= 0.3 is 0 Å². The van der Waals surface area contributed by atoms with Crippen LogP contribution in [-0.4, -0.2) is 33.4 Å². The Morgan fingerprint density at radius 2 is 1.22 bits per heavy atom. The van der Waals surface area contributed by atoms with Crippen LogP contribution >= 0.6 is 0 Å². The average Bonchev–Trinajstić information content (AvgIpc) is 2.41. The van der Waals surface area contributed by atoms with Crippen LogP contribution in [0.25, 0.3) is 11.4 Å². The third-order valence-corrected chi connectivity index (χ3v) is 2.77. The minimum Gasteiger partial charge on any atom is -0.396 e. The summed E-state index contributed by atoms with van der Waals surface area (Å²) in [6.07, 6.45) is 4.54. The summed E-state index contributed by atoms with van der Waals surface area (Å²) in [5, 5.41) is 18.2. The van der Waals surface area contributed by atoms with Crippen molar-refractivity contribution >= 4 is 0 Å². The number of aliphatic hydroxyl groups is 2. The van der Waals surface area contributed by atoms with E-state index < -0.39 is 0 Å². The fourth-order valence-corrected chi connectivity index (χ4v) is 1.95. The number of hydrogen-bond acceptors (Lipinski definition) is 4. The fraction of sp³-hybridized carbons (Fsp3) is 0.286. The molecule has 2 rings (SSSR count). The highest BCUT2D eigenvalue weighted by molar-refractivity contribution is 5.62. The first-order valence-corrected chi connectivity index (χ1v) is 5.96. The molecule has 0 radical (unpaired) electrons. The summed E-state index contributed by atoms with van der Waals surface area (Å²) in [6, 6.07) is 7.58. The van der Waals surface area contributed by atoms with Crippen LogP contribution in [0.5, 0.6) is 0 Å². The van der Waals surface area contributed by atoms with E-state index in [1.54, 1.807) is 12.4 Å². The van der Waals surface area contributed by atoms with E-state index in [-0.39, 0.29) is 13.2 Å². The van der Waals surface area contributed by atoms with Crippen LogP contribution in [0.2, 0.25) is 0 Å². The Labute approximate surface area is 106 Å². The van der Waals surface area contributed by atoms with Crippen molar-refractivity contribution in [2.45, 2.75) is 12.8 Å². The third kappa shape index (κ3) is 2.72. The predicted molar refractivity (Wildman–Crippen MR) is 69.0 cm³/mol. The summed E-state index contributed by atoms with van der Waals surface area (Å²) in [4.78, 5) is 8.71. The molecule has 4 nitrogen and oxygen atoms in total. The maximum absolute atomic E-state index is 9.08. The van der Waals surface area contributed by atoms with Crippen LogP contribution in [0.1, 0.15) is 11.1 Å². The highest BCUT2D eigenvalue weighted by Gasteiger charge is 2.11. The molecule has 0 amide bonds. The number of nitrogens with zero attached hydrogens (tertiary/aromatic N) is 2. The lowest BCUT2D eigenvalue weighted by Gasteiger charge is -2.10. The Kier molecular flexibility index (Phi) is 4.39. The molecule has 0 bridgehead atoms. The smallest absolute Gasteiger partial charge is 0.0921 e. The molecule has 0 aromatic carbocycles. The van der Waals surface area contributed by atoms with Gasteiger partial charge in [0.15, 0.2) is 0 Å². The summed E-state index contributed by atoms with van der Waals surface area (Å²) >= 11 is 0. The van der Waals surface area contributed by atoms with Gasteiger partial charge in [0.1, 0.15) is 0 Å². The SMILES string of the molecule is OCCc1cccnc1-c1ncccc1CCO. The molecule has 0 aliphatic heterocycles. The van der Waals surface area contributed by atoms with Crippen molar-refractivity contribution in [2.75, 3.05) is 13.2 Å². The van der Waals surface area contributed by atoms with Gasteiger partial charge in [-0.1, -0.05) is 12.1 Å². The molecule has 94 valence electrons. The number of aliphatic hydroxyl groups excluding tert-OH is 2. The second kappa shape index (κ2) is 6.23. The summed E-state index contributed by atoms with van der Waals surface area (Å²) in [5.74, 6) is 0. The van der Waals surface area contributed by atoms with E-state index in [1.165, 1.54) is 0 Å². The van der Waals surface area contributed by atoms with Gasteiger partial charge in [-0.25, -0.2) is 0 Å². The molecule has 0 atom stereocenters. The quantitative estimate of drug-likeness (QED) is 0.829. The van der Waals surface area contributed by atoms with Crippen molar-refractivity contribution in [2.24, 2.45) is 0 Å². The molecule has 0 saturated carbocycles. The van der Waals surface area contributed by atoms with Crippen LogP contribution < -0.4 is 0 Å². The lowest BCUT2D eigenvalue weighted by Crippen LogP contribution is -2.02. The number of rotatable bonds is 5. The van der Waals surface area contributed by atoms with Gasteiger partial charge < -0.3 is 10.2 Å². The maximum atomic E-state index is 9.08. The van der Waals surface area contributed by atoms with Gasteiger partial charge in [-0.2, -0.15) is 0 Å². The molecule has 2 aromatic heterocycles. The highest BCUT2D eigenvalue weighted by Crippen LogP contribution is 2.23. The Morgan fingerprint density at radius 3 is 1.61 bits per heavy atom.